The van der Waals surface area contributed by atoms with Crippen LogP contribution in [0.4, 0.5) is 5.69 Å². The molecule has 2 aromatic carbocycles. The number of hydrogen-bond acceptors (Lipinski definition) is 7. The van der Waals surface area contributed by atoms with Crippen molar-refractivity contribution < 1.29 is 17.7 Å². The van der Waals surface area contributed by atoms with Crippen molar-refractivity contribution in [2.75, 3.05) is 5.32 Å². The molecule has 0 amide bonds. The molecule has 0 heterocycles. The van der Waals surface area contributed by atoms with Gasteiger partial charge in [-0.2, -0.15) is 24.2 Å². The highest BCUT2D eigenvalue weighted by atomic mass is 35.5. The fraction of sp³-hybridized carbons (Fsp3) is 0. The lowest BCUT2D eigenvalue weighted by Crippen LogP contribution is -2.07. The summed E-state index contributed by atoms with van der Waals surface area (Å²) in [6.07, 6.45) is 0. The summed E-state index contributed by atoms with van der Waals surface area (Å²) < 4.78 is 38.4. The van der Waals surface area contributed by atoms with E-state index in [4.69, 9.17) is 32.1 Å². The third kappa shape index (κ3) is 4.97. The van der Waals surface area contributed by atoms with Crippen molar-refractivity contribution in [3.8, 4) is 29.7 Å². The molecule has 134 valence electrons. The van der Waals surface area contributed by atoms with E-state index in [1.807, 2.05) is 0 Å². The van der Waals surface area contributed by atoms with Gasteiger partial charge in [0.05, 0.1) is 5.69 Å². The monoisotopic (exact) mass is 400 g/mol. The van der Waals surface area contributed by atoms with E-state index in [9.17, 15) is 13.0 Å². The molecule has 2 aromatic rings. The fourth-order valence-electron chi connectivity index (χ4n) is 1.94. The first-order chi connectivity index (χ1) is 12.8. The minimum Gasteiger partial charge on any atom is -0.457 e. The molecule has 0 fully saturated rings. The zero-order valence-electron chi connectivity index (χ0n) is 13.3. The highest BCUT2D eigenvalue weighted by molar-refractivity contribution is 7.86. The summed E-state index contributed by atoms with van der Waals surface area (Å²) in [5, 5.41) is 29.6. The number of allylic oxidation sites excluding steroid dienone is 2. The standard InChI is InChI=1S/C17H9ClN4O4S/c18-12-1-3-13(4-2-12)26-14-5-6-15(17(7-14)27(23,24)25)22-16(10-21)11(8-19)9-20/h1-7,22H,(H,23,24,25). The predicted octanol–water partition coefficient (Wildman–Crippen LogP) is 3.62. The molecule has 0 aliphatic rings. The predicted molar refractivity (Wildman–Crippen MR) is 95.3 cm³/mol. The van der Waals surface area contributed by atoms with E-state index in [1.165, 1.54) is 24.3 Å². The summed E-state index contributed by atoms with van der Waals surface area (Å²) >= 11 is 5.78. The zero-order chi connectivity index (χ0) is 20.0. The van der Waals surface area contributed by atoms with Crippen molar-refractivity contribution >= 4 is 27.4 Å². The highest BCUT2D eigenvalue weighted by Gasteiger charge is 2.19. The Morgan fingerprint density at radius 2 is 1.59 bits per heavy atom. The van der Waals surface area contributed by atoms with Gasteiger partial charge < -0.3 is 10.1 Å². The van der Waals surface area contributed by atoms with Gasteiger partial charge in [-0.1, -0.05) is 11.6 Å². The lowest BCUT2D eigenvalue weighted by molar-refractivity contribution is 0.472. The van der Waals surface area contributed by atoms with E-state index < -0.39 is 26.3 Å². The van der Waals surface area contributed by atoms with Crippen LogP contribution < -0.4 is 10.1 Å². The Balaban J connectivity index is 2.47. The van der Waals surface area contributed by atoms with Gasteiger partial charge in [-0.25, -0.2) is 0 Å². The molecule has 0 aliphatic heterocycles. The molecule has 0 spiro atoms. The number of nitriles is 3. The third-order valence-electron chi connectivity index (χ3n) is 3.13. The van der Waals surface area contributed by atoms with Crippen LogP contribution in [0, 0.1) is 34.0 Å². The molecule has 0 bridgehead atoms. The second-order valence-electron chi connectivity index (χ2n) is 4.90. The first-order valence-corrected chi connectivity index (χ1v) is 8.87. The number of halogens is 1. The first kappa shape index (κ1) is 19.8. The van der Waals surface area contributed by atoms with Crippen LogP contribution in [0.3, 0.4) is 0 Å². The van der Waals surface area contributed by atoms with Crippen LogP contribution in [0.5, 0.6) is 11.5 Å². The lowest BCUT2D eigenvalue weighted by atomic mass is 10.2. The lowest BCUT2D eigenvalue weighted by Gasteiger charge is -2.12. The van der Waals surface area contributed by atoms with Gasteiger partial charge in [-0.15, -0.1) is 0 Å². The Kier molecular flexibility index (Phi) is 6.02. The first-order valence-electron chi connectivity index (χ1n) is 7.05. The summed E-state index contributed by atoms with van der Waals surface area (Å²) in [6.45, 7) is 0. The molecule has 8 nitrogen and oxygen atoms in total. The number of hydrogen-bond donors (Lipinski definition) is 2. The topological polar surface area (TPSA) is 147 Å². The van der Waals surface area contributed by atoms with Crippen LogP contribution in [-0.2, 0) is 10.1 Å². The summed E-state index contributed by atoms with van der Waals surface area (Å²) in [6, 6.07) is 14.5. The highest BCUT2D eigenvalue weighted by Crippen LogP contribution is 2.30. The normalized spacial score (nSPS) is 10.0. The number of rotatable bonds is 5. The van der Waals surface area contributed by atoms with Gasteiger partial charge in [0.15, 0.2) is 5.57 Å². The smallest absolute Gasteiger partial charge is 0.296 e. The Hall–Kier alpha value is -3.55. The molecule has 0 aromatic heterocycles. The maximum Gasteiger partial charge on any atom is 0.296 e. The van der Waals surface area contributed by atoms with Crippen LogP contribution in [0.2, 0.25) is 5.02 Å². The van der Waals surface area contributed by atoms with E-state index in [1.54, 1.807) is 30.3 Å². The van der Waals surface area contributed by atoms with Crippen LogP contribution in [0.1, 0.15) is 0 Å². The largest absolute Gasteiger partial charge is 0.457 e. The van der Waals surface area contributed by atoms with Gasteiger partial charge in [-0.05, 0) is 36.4 Å². The van der Waals surface area contributed by atoms with Crippen molar-refractivity contribution in [1.29, 1.82) is 15.8 Å². The number of nitrogens with zero attached hydrogens (tertiary/aromatic N) is 3. The number of benzene rings is 2. The molecule has 0 radical (unpaired) electrons. The molecule has 27 heavy (non-hydrogen) atoms. The molecule has 10 heteroatoms. The average molecular weight is 401 g/mol. The van der Waals surface area contributed by atoms with Gasteiger partial charge in [0.1, 0.15) is 40.3 Å². The molecular weight excluding hydrogens is 392 g/mol. The Morgan fingerprint density at radius 3 is 2.11 bits per heavy atom. The summed E-state index contributed by atoms with van der Waals surface area (Å²) in [5.41, 5.74) is -1.21. The molecule has 0 unspecified atom stereocenters. The van der Waals surface area contributed by atoms with Gasteiger partial charge in [0, 0.05) is 11.1 Å². The molecule has 2 N–H and O–H groups in total. The van der Waals surface area contributed by atoms with Crippen LogP contribution in [-0.4, -0.2) is 13.0 Å². The van der Waals surface area contributed by atoms with E-state index in [2.05, 4.69) is 5.32 Å². The van der Waals surface area contributed by atoms with E-state index in [0.717, 1.165) is 6.07 Å². The second kappa shape index (κ2) is 8.22. The van der Waals surface area contributed by atoms with Crippen molar-refractivity contribution in [1.82, 2.24) is 0 Å². The van der Waals surface area contributed by atoms with Crippen molar-refractivity contribution in [3.05, 3.63) is 58.8 Å². The number of nitrogens with one attached hydrogen (secondary N) is 1. The third-order valence-corrected chi connectivity index (χ3v) is 4.27. The quantitative estimate of drug-likeness (QED) is 0.571. The van der Waals surface area contributed by atoms with Crippen molar-refractivity contribution in [2.45, 2.75) is 4.90 Å². The molecule has 0 saturated carbocycles. The Bertz CT molecular complexity index is 1120. The van der Waals surface area contributed by atoms with Gasteiger partial charge in [-0.3, -0.25) is 4.55 Å². The SMILES string of the molecule is N#CC(C#N)=C(C#N)Nc1ccc(Oc2ccc(Cl)cc2)cc1S(=O)(=O)O. The van der Waals surface area contributed by atoms with E-state index in [0.29, 0.717) is 10.8 Å². The van der Waals surface area contributed by atoms with Gasteiger partial charge >= 0.3 is 0 Å². The maximum atomic E-state index is 11.7. The van der Waals surface area contributed by atoms with Gasteiger partial charge in [0.25, 0.3) is 10.1 Å². The van der Waals surface area contributed by atoms with Crippen molar-refractivity contribution in [2.24, 2.45) is 0 Å². The van der Waals surface area contributed by atoms with Crippen LogP contribution >= 0.6 is 11.6 Å². The summed E-state index contributed by atoms with van der Waals surface area (Å²) in [7, 11) is -4.71. The molecule has 2 rings (SSSR count). The van der Waals surface area contributed by atoms with Crippen LogP contribution in [0.25, 0.3) is 0 Å². The van der Waals surface area contributed by atoms with E-state index in [-0.39, 0.29) is 11.4 Å². The van der Waals surface area contributed by atoms with E-state index >= 15 is 0 Å². The number of anilines is 1. The minimum absolute atomic E-state index is 0.0822. The maximum absolute atomic E-state index is 11.7. The Labute approximate surface area is 159 Å². The summed E-state index contributed by atoms with van der Waals surface area (Å²) in [5.74, 6) is 0.453. The van der Waals surface area contributed by atoms with Crippen LogP contribution in [0.15, 0.2) is 58.6 Å². The zero-order valence-corrected chi connectivity index (χ0v) is 14.9. The average Bonchev–Trinajstić information content (AvgIpc) is 2.63. The second-order valence-corrected chi connectivity index (χ2v) is 6.73. The Morgan fingerprint density at radius 1 is 1.00 bits per heavy atom. The summed E-state index contributed by atoms with van der Waals surface area (Å²) in [4.78, 5) is -0.600. The molecule has 0 saturated heterocycles. The molecular formula is C17H9ClN4O4S. The number of ether oxygens (including phenoxy) is 1. The molecule has 0 atom stereocenters. The fourth-order valence-corrected chi connectivity index (χ4v) is 2.73. The van der Waals surface area contributed by atoms with Crippen molar-refractivity contribution in [3.63, 3.8) is 0 Å². The van der Waals surface area contributed by atoms with Gasteiger partial charge in [0.2, 0.25) is 0 Å². The minimum atomic E-state index is -4.71. The molecule has 0 aliphatic carbocycles.